The number of carbonyl (C=O) groups is 1. The number of rotatable bonds is 2. The summed E-state index contributed by atoms with van der Waals surface area (Å²) in [5.74, 6) is -0.993. The molecule has 0 bridgehead atoms. The van der Waals surface area contributed by atoms with Gasteiger partial charge in [-0.2, -0.15) is 4.39 Å². The largest absolute Gasteiger partial charge is 0.351 e. The zero-order chi connectivity index (χ0) is 11.5. The average molecular weight is 221 g/mol. The van der Waals surface area contributed by atoms with Crippen LogP contribution in [0.4, 0.5) is 10.2 Å². The number of aromatic nitrogens is 2. The van der Waals surface area contributed by atoms with Crippen molar-refractivity contribution in [2.45, 2.75) is 6.92 Å². The van der Waals surface area contributed by atoms with Crippen LogP contribution in [-0.4, -0.2) is 16.0 Å². The second-order valence-corrected chi connectivity index (χ2v) is 3.13. The van der Waals surface area contributed by atoms with Gasteiger partial charge in [-0.25, -0.2) is 4.98 Å². The smallest absolute Gasteiger partial charge is 0.295 e. The van der Waals surface area contributed by atoms with Gasteiger partial charge in [-0.1, -0.05) is 11.2 Å². The summed E-state index contributed by atoms with van der Waals surface area (Å²) >= 11 is 0. The topological polar surface area (TPSA) is 68.0 Å². The Labute approximate surface area is 90.3 Å². The van der Waals surface area contributed by atoms with Gasteiger partial charge in [0.05, 0.1) is 5.69 Å². The minimum Gasteiger partial charge on any atom is -0.351 e. The molecule has 5 nitrogen and oxygen atoms in total. The molecule has 0 spiro atoms. The Morgan fingerprint density at radius 3 is 2.94 bits per heavy atom. The first-order valence-electron chi connectivity index (χ1n) is 4.52. The fraction of sp³-hybridized carbons (Fsp3) is 0.100. The van der Waals surface area contributed by atoms with E-state index in [4.69, 9.17) is 4.52 Å². The van der Waals surface area contributed by atoms with E-state index < -0.39 is 11.9 Å². The second kappa shape index (κ2) is 4.09. The number of amides is 1. The molecular weight excluding hydrogens is 213 g/mol. The molecule has 6 heteroatoms. The van der Waals surface area contributed by atoms with Gasteiger partial charge in [0, 0.05) is 6.07 Å². The average Bonchev–Trinajstić information content (AvgIpc) is 2.65. The Bertz CT molecular complexity index is 524. The molecule has 2 rings (SSSR count). The zero-order valence-electron chi connectivity index (χ0n) is 8.40. The predicted molar refractivity (Wildman–Crippen MR) is 53.4 cm³/mol. The van der Waals surface area contributed by atoms with Crippen molar-refractivity contribution in [2.75, 3.05) is 5.32 Å². The maximum atomic E-state index is 12.7. The molecule has 0 unspecified atom stereocenters. The highest BCUT2D eigenvalue weighted by molar-refractivity contribution is 6.01. The monoisotopic (exact) mass is 221 g/mol. The van der Waals surface area contributed by atoms with E-state index in [1.165, 1.54) is 24.3 Å². The number of carbonyl (C=O) groups excluding carboxylic acids is 1. The molecule has 1 N–H and O–H groups in total. The standard InChI is InChI=1S/C10H8FN3O2/c1-6-5-7(16-14-6)10(15)13-9-4-2-3-8(11)12-9/h2-5H,1H3,(H,12,13,15). The summed E-state index contributed by atoms with van der Waals surface area (Å²) in [6.45, 7) is 1.70. The van der Waals surface area contributed by atoms with E-state index in [-0.39, 0.29) is 11.6 Å². The van der Waals surface area contributed by atoms with Crippen LogP contribution in [0.25, 0.3) is 0 Å². The van der Waals surface area contributed by atoms with Gasteiger partial charge in [0.2, 0.25) is 11.7 Å². The first kappa shape index (κ1) is 10.3. The Balaban J connectivity index is 2.13. The van der Waals surface area contributed by atoms with E-state index in [0.29, 0.717) is 5.69 Å². The number of halogens is 1. The van der Waals surface area contributed by atoms with Crippen molar-refractivity contribution in [2.24, 2.45) is 0 Å². The van der Waals surface area contributed by atoms with E-state index in [2.05, 4.69) is 15.5 Å². The van der Waals surface area contributed by atoms with Crippen molar-refractivity contribution >= 4 is 11.7 Å². The van der Waals surface area contributed by atoms with Crippen LogP contribution in [0.2, 0.25) is 0 Å². The normalized spacial score (nSPS) is 10.1. The Morgan fingerprint density at radius 2 is 2.31 bits per heavy atom. The van der Waals surface area contributed by atoms with Crippen molar-refractivity contribution in [3.63, 3.8) is 0 Å². The number of nitrogens with one attached hydrogen (secondary N) is 1. The van der Waals surface area contributed by atoms with Crippen LogP contribution in [0.3, 0.4) is 0 Å². The maximum absolute atomic E-state index is 12.7. The molecule has 0 aliphatic rings. The highest BCUT2D eigenvalue weighted by Gasteiger charge is 2.12. The van der Waals surface area contributed by atoms with E-state index >= 15 is 0 Å². The third-order valence-electron chi connectivity index (χ3n) is 1.81. The summed E-state index contributed by atoms with van der Waals surface area (Å²) in [5.41, 5.74) is 0.595. The van der Waals surface area contributed by atoms with Crippen LogP contribution in [0.15, 0.2) is 28.8 Å². The van der Waals surface area contributed by atoms with E-state index in [1.54, 1.807) is 6.92 Å². The van der Waals surface area contributed by atoms with Gasteiger partial charge in [0.1, 0.15) is 5.82 Å². The van der Waals surface area contributed by atoms with Crippen molar-refractivity contribution in [3.8, 4) is 0 Å². The molecule has 2 heterocycles. The number of pyridine rings is 1. The number of nitrogens with zero attached hydrogens (tertiary/aromatic N) is 2. The second-order valence-electron chi connectivity index (χ2n) is 3.13. The maximum Gasteiger partial charge on any atom is 0.295 e. The summed E-state index contributed by atoms with van der Waals surface area (Å²) in [6, 6.07) is 5.59. The first-order chi connectivity index (χ1) is 7.65. The lowest BCUT2D eigenvalue weighted by molar-refractivity contribution is 0.0987. The molecule has 1 amide bonds. The van der Waals surface area contributed by atoms with Crippen LogP contribution >= 0.6 is 0 Å². The molecule has 0 atom stereocenters. The van der Waals surface area contributed by atoms with Crippen LogP contribution in [0.5, 0.6) is 0 Å². The third kappa shape index (κ3) is 2.22. The van der Waals surface area contributed by atoms with Crippen molar-refractivity contribution in [1.29, 1.82) is 0 Å². The number of hydrogen-bond acceptors (Lipinski definition) is 4. The van der Waals surface area contributed by atoms with Gasteiger partial charge in [0.15, 0.2) is 0 Å². The molecule has 2 aromatic rings. The van der Waals surface area contributed by atoms with Crippen molar-refractivity contribution in [1.82, 2.24) is 10.1 Å². The molecule has 0 saturated carbocycles. The molecule has 82 valence electrons. The third-order valence-corrected chi connectivity index (χ3v) is 1.81. The van der Waals surface area contributed by atoms with Crippen LogP contribution < -0.4 is 5.32 Å². The van der Waals surface area contributed by atoms with Crippen LogP contribution in [-0.2, 0) is 0 Å². The van der Waals surface area contributed by atoms with Gasteiger partial charge >= 0.3 is 0 Å². The molecule has 0 saturated heterocycles. The van der Waals surface area contributed by atoms with Gasteiger partial charge in [0.25, 0.3) is 5.91 Å². The summed E-state index contributed by atoms with van der Waals surface area (Å²) in [5, 5.41) is 5.96. The molecule has 0 fully saturated rings. The van der Waals surface area contributed by atoms with E-state index in [9.17, 15) is 9.18 Å². The number of aryl methyl sites for hydroxylation is 1. The van der Waals surface area contributed by atoms with Gasteiger partial charge in [-0.15, -0.1) is 0 Å². The minimum absolute atomic E-state index is 0.0589. The molecule has 2 aromatic heterocycles. The van der Waals surface area contributed by atoms with E-state index in [1.807, 2.05) is 0 Å². The van der Waals surface area contributed by atoms with Crippen LogP contribution in [0.1, 0.15) is 16.2 Å². The van der Waals surface area contributed by atoms with Gasteiger partial charge in [-0.05, 0) is 19.1 Å². The predicted octanol–water partition coefficient (Wildman–Crippen LogP) is 1.77. The molecule has 0 aliphatic heterocycles. The first-order valence-corrected chi connectivity index (χ1v) is 4.52. The van der Waals surface area contributed by atoms with Crippen molar-refractivity contribution in [3.05, 3.63) is 41.7 Å². The van der Waals surface area contributed by atoms with Crippen molar-refractivity contribution < 1.29 is 13.7 Å². The summed E-state index contributed by atoms with van der Waals surface area (Å²) in [6.07, 6.45) is 0. The molecule has 0 aliphatic carbocycles. The number of anilines is 1. The van der Waals surface area contributed by atoms with Gasteiger partial charge in [-0.3, -0.25) is 4.79 Å². The van der Waals surface area contributed by atoms with E-state index in [0.717, 1.165) is 0 Å². The zero-order valence-corrected chi connectivity index (χ0v) is 8.40. The Morgan fingerprint density at radius 1 is 1.50 bits per heavy atom. The van der Waals surface area contributed by atoms with Gasteiger partial charge < -0.3 is 9.84 Å². The molecule has 16 heavy (non-hydrogen) atoms. The number of hydrogen-bond donors (Lipinski definition) is 1. The SMILES string of the molecule is Cc1cc(C(=O)Nc2cccc(F)n2)on1. The highest BCUT2D eigenvalue weighted by Crippen LogP contribution is 2.08. The quantitative estimate of drug-likeness (QED) is 0.784. The van der Waals surface area contributed by atoms with Crippen LogP contribution in [0, 0.1) is 12.9 Å². The lowest BCUT2D eigenvalue weighted by Gasteiger charge is -2.00. The Kier molecular flexibility index (Phi) is 2.63. The molecule has 0 aromatic carbocycles. The summed E-state index contributed by atoms with van der Waals surface area (Å²) in [7, 11) is 0. The summed E-state index contributed by atoms with van der Waals surface area (Å²) in [4.78, 5) is 15.0. The Hall–Kier alpha value is -2.24. The summed E-state index contributed by atoms with van der Waals surface area (Å²) < 4.78 is 17.5. The molecular formula is C10H8FN3O2. The fourth-order valence-corrected chi connectivity index (χ4v) is 1.13. The lowest BCUT2D eigenvalue weighted by atomic mass is 10.3. The lowest BCUT2D eigenvalue weighted by Crippen LogP contribution is -2.12. The molecule has 0 radical (unpaired) electrons. The highest BCUT2D eigenvalue weighted by atomic mass is 19.1. The minimum atomic E-state index is -0.661. The fourth-order valence-electron chi connectivity index (χ4n) is 1.13.